The average Bonchev–Trinajstić information content (AvgIpc) is 3.29. The van der Waals surface area contributed by atoms with Crippen molar-refractivity contribution in [2.45, 2.75) is 25.8 Å². The number of fused-ring (bicyclic) bond motifs is 2. The van der Waals surface area contributed by atoms with Gasteiger partial charge in [-0.2, -0.15) is 0 Å². The second-order valence-electron chi connectivity index (χ2n) is 7.50. The van der Waals surface area contributed by atoms with E-state index >= 15 is 0 Å². The van der Waals surface area contributed by atoms with Crippen molar-refractivity contribution in [1.82, 2.24) is 13.7 Å². The molecule has 9 heteroatoms. The van der Waals surface area contributed by atoms with Gasteiger partial charge in [0.25, 0.3) is 11.5 Å². The maximum absolute atomic E-state index is 14.4. The lowest BCUT2D eigenvalue weighted by Crippen LogP contribution is -2.33. The summed E-state index contributed by atoms with van der Waals surface area (Å²) in [5.74, 6) is -0.133. The van der Waals surface area contributed by atoms with E-state index in [4.69, 9.17) is 4.98 Å². The molecule has 30 heavy (non-hydrogen) atoms. The molecule has 1 N–H and O–H groups in total. The number of aromatic nitrogens is 2. The summed E-state index contributed by atoms with van der Waals surface area (Å²) in [6, 6.07) is 9.53. The third kappa shape index (κ3) is 3.09. The Balaban J connectivity index is 1.61. The van der Waals surface area contributed by atoms with Crippen molar-refractivity contribution in [2.24, 2.45) is 0 Å². The van der Waals surface area contributed by atoms with Crippen molar-refractivity contribution in [1.29, 1.82) is 0 Å². The van der Waals surface area contributed by atoms with Gasteiger partial charge in [0.2, 0.25) is 0 Å². The van der Waals surface area contributed by atoms with Crippen molar-refractivity contribution < 1.29 is 9.18 Å². The number of amides is 1. The SMILES string of the molecule is CC(c1cc(F)cn2c(=O)cc(N3CCCC3)nc12)N1SNc2ccccc2C1=O. The Morgan fingerprint density at radius 1 is 1.17 bits per heavy atom. The lowest BCUT2D eigenvalue weighted by Gasteiger charge is -2.32. The molecule has 2 aliphatic rings. The summed E-state index contributed by atoms with van der Waals surface area (Å²) in [6.45, 7) is 3.50. The van der Waals surface area contributed by atoms with Gasteiger partial charge in [0, 0.05) is 30.9 Å². The molecule has 1 amide bonds. The van der Waals surface area contributed by atoms with Crippen LogP contribution in [0.3, 0.4) is 0 Å². The van der Waals surface area contributed by atoms with Gasteiger partial charge in [-0.3, -0.25) is 18.3 Å². The lowest BCUT2D eigenvalue weighted by atomic mass is 10.1. The first-order valence-corrected chi connectivity index (χ1v) is 10.6. The van der Waals surface area contributed by atoms with Crippen LogP contribution in [-0.4, -0.2) is 32.7 Å². The van der Waals surface area contributed by atoms with Crippen LogP contribution >= 0.6 is 12.1 Å². The summed E-state index contributed by atoms with van der Waals surface area (Å²) >= 11 is 1.15. The molecule has 0 bridgehead atoms. The summed E-state index contributed by atoms with van der Waals surface area (Å²) < 4.78 is 20.3. The Labute approximate surface area is 176 Å². The quantitative estimate of drug-likeness (QED) is 0.647. The number of nitrogens with one attached hydrogen (secondary N) is 1. The van der Waals surface area contributed by atoms with Crippen LogP contribution in [0, 0.1) is 5.82 Å². The van der Waals surface area contributed by atoms with E-state index in [1.165, 1.54) is 16.5 Å². The summed E-state index contributed by atoms with van der Waals surface area (Å²) in [4.78, 5) is 32.6. The molecule has 2 aliphatic heterocycles. The number of pyridine rings is 1. The minimum Gasteiger partial charge on any atom is -0.356 e. The molecule has 1 saturated heterocycles. The van der Waals surface area contributed by atoms with Gasteiger partial charge in [-0.05, 0) is 38.0 Å². The number of carbonyl (C=O) groups is 1. The van der Waals surface area contributed by atoms with Gasteiger partial charge in [0.1, 0.15) is 17.3 Å². The molecule has 2 aromatic heterocycles. The molecule has 0 saturated carbocycles. The smallest absolute Gasteiger partial charge is 0.267 e. The van der Waals surface area contributed by atoms with E-state index in [-0.39, 0.29) is 11.5 Å². The monoisotopic (exact) mass is 425 g/mol. The molecular weight excluding hydrogens is 405 g/mol. The number of rotatable bonds is 3. The van der Waals surface area contributed by atoms with Crippen molar-refractivity contribution >= 4 is 35.2 Å². The van der Waals surface area contributed by atoms with Gasteiger partial charge in [-0.25, -0.2) is 9.37 Å². The molecule has 5 rings (SSSR count). The van der Waals surface area contributed by atoms with Gasteiger partial charge >= 0.3 is 0 Å². The van der Waals surface area contributed by atoms with Crippen LogP contribution in [0.5, 0.6) is 0 Å². The van der Waals surface area contributed by atoms with E-state index in [0.717, 1.165) is 49.9 Å². The number of para-hydroxylation sites is 1. The van der Waals surface area contributed by atoms with Gasteiger partial charge < -0.3 is 9.62 Å². The maximum Gasteiger partial charge on any atom is 0.267 e. The summed E-state index contributed by atoms with van der Waals surface area (Å²) in [5.41, 5.74) is 1.80. The molecule has 154 valence electrons. The van der Waals surface area contributed by atoms with Gasteiger partial charge in [-0.15, -0.1) is 0 Å². The number of nitrogens with zero attached hydrogens (tertiary/aromatic N) is 4. The van der Waals surface area contributed by atoms with Crippen LogP contribution in [0.1, 0.15) is 41.7 Å². The van der Waals surface area contributed by atoms with Crippen LogP contribution < -0.4 is 15.2 Å². The summed E-state index contributed by atoms with van der Waals surface area (Å²) in [6.07, 6.45) is 3.25. The topological polar surface area (TPSA) is 70.0 Å². The minimum absolute atomic E-state index is 0.178. The van der Waals surface area contributed by atoms with Gasteiger partial charge in [0.05, 0.1) is 29.4 Å². The predicted octanol–water partition coefficient (Wildman–Crippen LogP) is 3.63. The molecule has 0 radical (unpaired) electrons. The summed E-state index contributed by atoms with van der Waals surface area (Å²) in [5, 5.41) is 0. The first-order chi connectivity index (χ1) is 14.5. The standard InChI is InChI=1S/C21H20FN5O2S/c1-13(27-21(29)15-6-2-3-7-17(15)24-30-27)16-10-14(22)12-26-19(28)11-18(23-20(16)26)25-8-4-5-9-25/h2-3,6-7,10-13,24H,4-5,8-9H2,1H3. The maximum atomic E-state index is 14.4. The molecule has 1 aromatic carbocycles. The van der Waals surface area contributed by atoms with Crippen LogP contribution in [0.2, 0.25) is 0 Å². The average molecular weight is 425 g/mol. The van der Waals surface area contributed by atoms with Crippen LogP contribution in [-0.2, 0) is 0 Å². The minimum atomic E-state index is -0.551. The first kappa shape index (κ1) is 18.9. The molecular formula is C21H20FN5O2S. The number of halogens is 1. The largest absolute Gasteiger partial charge is 0.356 e. The van der Waals surface area contributed by atoms with E-state index in [0.29, 0.717) is 22.6 Å². The Morgan fingerprint density at radius 2 is 1.93 bits per heavy atom. The zero-order chi connectivity index (χ0) is 20.8. The highest BCUT2D eigenvalue weighted by Crippen LogP contribution is 2.37. The van der Waals surface area contributed by atoms with Crippen molar-refractivity contribution in [3.63, 3.8) is 0 Å². The van der Waals surface area contributed by atoms with E-state index < -0.39 is 11.9 Å². The fourth-order valence-electron chi connectivity index (χ4n) is 4.00. The van der Waals surface area contributed by atoms with E-state index in [9.17, 15) is 14.0 Å². The molecule has 0 aliphatic carbocycles. The van der Waals surface area contributed by atoms with E-state index in [1.807, 2.05) is 19.1 Å². The molecule has 3 aromatic rings. The number of carbonyl (C=O) groups excluding carboxylic acids is 1. The molecule has 4 heterocycles. The van der Waals surface area contributed by atoms with Crippen molar-refractivity contribution in [3.05, 3.63) is 69.9 Å². The molecule has 7 nitrogen and oxygen atoms in total. The van der Waals surface area contributed by atoms with Crippen LogP contribution in [0.25, 0.3) is 5.65 Å². The van der Waals surface area contributed by atoms with Crippen molar-refractivity contribution in [2.75, 3.05) is 22.7 Å². The zero-order valence-electron chi connectivity index (χ0n) is 16.3. The normalized spacial score (nSPS) is 17.2. The highest BCUT2D eigenvalue weighted by Gasteiger charge is 2.31. The molecule has 1 unspecified atom stereocenters. The fourth-order valence-corrected chi connectivity index (χ4v) is 4.82. The molecule has 0 spiro atoms. The second-order valence-corrected chi connectivity index (χ2v) is 8.28. The number of hydrogen-bond acceptors (Lipinski definition) is 6. The first-order valence-electron chi connectivity index (χ1n) is 9.86. The highest BCUT2D eigenvalue weighted by atomic mass is 32.2. The van der Waals surface area contributed by atoms with Crippen LogP contribution in [0.15, 0.2) is 47.4 Å². The number of hydrogen-bond donors (Lipinski definition) is 1. The summed E-state index contributed by atoms with van der Waals surface area (Å²) in [7, 11) is 0. The van der Waals surface area contributed by atoms with Gasteiger partial charge in [0.15, 0.2) is 0 Å². The van der Waals surface area contributed by atoms with Gasteiger partial charge in [-0.1, -0.05) is 12.1 Å². The molecule has 1 atom stereocenters. The number of anilines is 2. The Morgan fingerprint density at radius 3 is 2.73 bits per heavy atom. The fraction of sp³-hybridized carbons (Fsp3) is 0.286. The van der Waals surface area contributed by atoms with E-state index in [2.05, 4.69) is 9.62 Å². The second kappa shape index (κ2) is 7.32. The Hall–Kier alpha value is -3.07. The lowest BCUT2D eigenvalue weighted by molar-refractivity contribution is 0.0840. The zero-order valence-corrected chi connectivity index (χ0v) is 17.2. The third-order valence-electron chi connectivity index (χ3n) is 5.59. The van der Waals surface area contributed by atoms with E-state index in [1.54, 1.807) is 16.4 Å². The predicted molar refractivity (Wildman–Crippen MR) is 115 cm³/mol. The Bertz CT molecular complexity index is 1210. The Kier molecular flexibility index (Phi) is 4.62. The van der Waals surface area contributed by atoms with Crippen LogP contribution in [0.4, 0.5) is 15.9 Å². The third-order valence-corrected chi connectivity index (χ3v) is 6.58. The molecule has 1 fully saturated rings. The number of benzene rings is 1. The van der Waals surface area contributed by atoms with Crippen molar-refractivity contribution in [3.8, 4) is 0 Å². The highest BCUT2D eigenvalue weighted by molar-refractivity contribution is 7.99.